The predicted molar refractivity (Wildman–Crippen MR) is 135 cm³/mol. The smallest absolute Gasteiger partial charge is 0.321 e. The lowest BCUT2D eigenvalue weighted by atomic mass is 9.88. The molecule has 2 aromatic carbocycles. The zero-order chi connectivity index (χ0) is 24.7. The van der Waals surface area contributed by atoms with Crippen LogP contribution < -0.4 is 10.1 Å². The number of benzene rings is 2. The lowest BCUT2D eigenvalue weighted by Crippen LogP contribution is -2.25. The van der Waals surface area contributed by atoms with Crippen molar-refractivity contribution in [3.8, 4) is 11.8 Å². The van der Waals surface area contributed by atoms with Crippen molar-refractivity contribution in [3.05, 3.63) is 120 Å². The number of anilines is 1. The average molecular weight is 476 g/mol. The van der Waals surface area contributed by atoms with E-state index < -0.39 is 5.92 Å². The molecule has 0 saturated heterocycles. The van der Waals surface area contributed by atoms with Gasteiger partial charge in [0.2, 0.25) is 0 Å². The number of rotatable bonds is 7. The normalized spacial score (nSPS) is 14.7. The number of aliphatic imine (C=N–C) groups is 1. The van der Waals surface area contributed by atoms with Crippen molar-refractivity contribution in [2.45, 2.75) is 12.3 Å². The van der Waals surface area contributed by atoms with E-state index in [1.54, 1.807) is 79.5 Å². The van der Waals surface area contributed by atoms with Gasteiger partial charge < -0.3 is 10.1 Å². The summed E-state index contributed by atoms with van der Waals surface area (Å²) in [5.41, 5.74) is 3.15. The summed E-state index contributed by atoms with van der Waals surface area (Å²) >= 11 is 0. The highest BCUT2D eigenvalue weighted by atomic mass is 16.5. The molecule has 5 rings (SSSR count). The summed E-state index contributed by atoms with van der Waals surface area (Å²) in [6.07, 6.45) is 10.4. The van der Waals surface area contributed by atoms with Crippen molar-refractivity contribution in [1.29, 1.82) is 0 Å². The molecule has 1 atom stereocenters. The van der Waals surface area contributed by atoms with Gasteiger partial charge in [0.05, 0.1) is 11.6 Å². The van der Waals surface area contributed by atoms with Crippen molar-refractivity contribution >= 4 is 23.1 Å². The van der Waals surface area contributed by atoms with E-state index in [1.807, 2.05) is 24.3 Å². The first kappa shape index (κ1) is 22.8. The van der Waals surface area contributed by atoms with Crippen LogP contribution in [0.5, 0.6) is 11.8 Å². The number of carbonyl (C=O) groups is 2. The van der Waals surface area contributed by atoms with Crippen molar-refractivity contribution in [1.82, 2.24) is 15.0 Å². The van der Waals surface area contributed by atoms with E-state index in [2.05, 4.69) is 25.3 Å². The minimum atomic E-state index is -0.478. The lowest BCUT2D eigenvalue weighted by Gasteiger charge is -2.18. The maximum atomic E-state index is 13.2. The highest BCUT2D eigenvalue weighted by Crippen LogP contribution is 2.26. The Morgan fingerprint density at radius 2 is 1.81 bits per heavy atom. The van der Waals surface area contributed by atoms with Crippen LogP contribution in [-0.4, -0.2) is 32.4 Å². The van der Waals surface area contributed by atoms with Gasteiger partial charge in [0.1, 0.15) is 5.75 Å². The van der Waals surface area contributed by atoms with Crippen LogP contribution in [0, 0.1) is 0 Å². The molecule has 8 heteroatoms. The van der Waals surface area contributed by atoms with Gasteiger partial charge in [0, 0.05) is 48.7 Å². The maximum absolute atomic E-state index is 13.2. The summed E-state index contributed by atoms with van der Waals surface area (Å²) < 4.78 is 5.62. The Hall–Kier alpha value is -4.98. The summed E-state index contributed by atoms with van der Waals surface area (Å²) in [5.74, 6) is -0.414. The number of amides is 1. The molecule has 176 valence electrons. The van der Waals surface area contributed by atoms with E-state index in [0.717, 1.165) is 11.1 Å². The molecule has 4 aromatic rings. The van der Waals surface area contributed by atoms with Crippen LogP contribution in [0.3, 0.4) is 0 Å². The third-order valence-electron chi connectivity index (χ3n) is 5.52. The summed E-state index contributed by atoms with van der Waals surface area (Å²) in [7, 11) is 0. The Morgan fingerprint density at radius 1 is 0.944 bits per heavy atom. The van der Waals surface area contributed by atoms with E-state index in [9.17, 15) is 9.59 Å². The minimum absolute atomic E-state index is 0.0715. The molecule has 0 fully saturated rings. The molecule has 1 amide bonds. The molecule has 0 bridgehead atoms. The molecular formula is C28H21N5O3. The molecular weight excluding hydrogens is 454 g/mol. The van der Waals surface area contributed by atoms with Gasteiger partial charge in [-0.15, -0.1) is 0 Å². The van der Waals surface area contributed by atoms with Gasteiger partial charge >= 0.3 is 6.01 Å². The molecule has 0 radical (unpaired) electrons. The van der Waals surface area contributed by atoms with Crippen LogP contribution in [0.1, 0.15) is 27.4 Å². The Kier molecular flexibility index (Phi) is 6.66. The Morgan fingerprint density at radius 3 is 2.64 bits per heavy atom. The number of ketones is 1. The van der Waals surface area contributed by atoms with E-state index in [0.29, 0.717) is 29.1 Å². The largest absolute Gasteiger partial charge is 0.424 e. The van der Waals surface area contributed by atoms with E-state index in [4.69, 9.17) is 4.74 Å². The third-order valence-corrected chi connectivity index (χ3v) is 5.52. The molecule has 1 aliphatic heterocycles. The molecule has 3 heterocycles. The van der Waals surface area contributed by atoms with E-state index in [-0.39, 0.29) is 17.7 Å². The fourth-order valence-electron chi connectivity index (χ4n) is 3.80. The summed E-state index contributed by atoms with van der Waals surface area (Å²) in [6.45, 7) is 0. The average Bonchev–Trinajstić information content (AvgIpc) is 2.91. The second-order valence-corrected chi connectivity index (χ2v) is 8.04. The Balaban J connectivity index is 1.28. The van der Waals surface area contributed by atoms with Crippen LogP contribution in [0.4, 0.5) is 5.69 Å². The fraction of sp³-hybridized carbons (Fsp3) is 0.0714. The number of Topliss-reactive ketones (excluding diaryl/α,β-unsaturated/α-hetero) is 1. The second kappa shape index (κ2) is 10.5. The molecule has 0 aliphatic carbocycles. The van der Waals surface area contributed by atoms with Gasteiger partial charge in [-0.2, -0.15) is 0 Å². The zero-order valence-corrected chi connectivity index (χ0v) is 19.1. The predicted octanol–water partition coefficient (Wildman–Crippen LogP) is 4.78. The van der Waals surface area contributed by atoms with Crippen LogP contribution in [-0.2, 0) is 11.2 Å². The highest BCUT2D eigenvalue weighted by molar-refractivity contribution is 6.43. The number of allylic oxidation sites excluding steroid dienone is 1. The fourth-order valence-corrected chi connectivity index (χ4v) is 3.80. The first-order valence-corrected chi connectivity index (χ1v) is 11.3. The number of hydrogen-bond acceptors (Lipinski definition) is 7. The quantitative estimate of drug-likeness (QED) is 0.412. The molecule has 0 spiro atoms. The molecule has 1 aliphatic rings. The van der Waals surface area contributed by atoms with Crippen molar-refractivity contribution in [3.63, 3.8) is 0 Å². The summed E-state index contributed by atoms with van der Waals surface area (Å²) in [4.78, 5) is 42.5. The zero-order valence-electron chi connectivity index (χ0n) is 19.1. The van der Waals surface area contributed by atoms with Gasteiger partial charge in [-0.1, -0.05) is 30.3 Å². The lowest BCUT2D eigenvalue weighted by molar-refractivity contribution is -0.113. The van der Waals surface area contributed by atoms with Crippen molar-refractivity contribution in [2.24, 2.45) is 4.99 Å². The Labute approximate surface area is 207 Å². The number of hydrogen-bond donors (Lipinski definition) is 1. The van der Waals surface area contributed by atoms with Gasteiger partial charge in [0.15, 0.2) is 5.78 Å². The molecule has 0 saturated carbocycles. The van der Waals surface area contributed by atoms with Crippen LogP contribution in [0.25, 0.3) is 0 Å². The molecule has 2 aromatic heterocycles. The topological polar surface area (TPSA) is 106 Å². The molecule has 1 N–H and O–H groups in total. The minimum Gasteiger partial charge on any atom is -0.424 e. The van der Waals surface area contributed by atoms with Crippen LogP contribution >= 0.6 is 0 Å². The third kappa shape index (κ3) is 5.39. The maximum Gasteiger partial charge on any atom is 0.321 e. The number of ether oxygens (including phenoxy) is 1. The van der Waals surface area contributed by atoms with Crippen LogP contribution in [0.15, 0.2) is 109 Å². The van der Waals surface area contributed by atoms with Gasteiger partial charge in [-0.3, -0.25) is 19.6 Å². The second-order valence-electron chi connectivity index (χ2n) is 8.04. The summed E-state index contributed by atoms with van der Waals surface area (Å²) in [6, 6.07) is 19.6. The van der Waals surface area contributed by atoms with E-state index in [1.165, 1.54) is 0 Å². The monoisotopic (exact) mass is 475 g/mol. The number of nitrogens with zero attached hydrogens (tertiary/aromatic N) is 4. The van der Waals surface area contributed by atoms with Gasteiger partial charge in [-0.05, 0) is 53.6 Å². The SMILES string of the molecule is O=C(Nc1cccc(C2C=CN=C(Cc3cccnc3)C2=O)c1)c1cccc(Oc2ncccn2)c1. The Bertz CT molecular complexity index is 1450. The van der Waals surface area contributed by atoms with Crippen molar-refractivity contribution < 1.29 is 14.3 Å². The number of pyridine rings is 1. The van der Waals surface area contributed by atoms with Crippen LogP contribution in [0.2, 0.25) is 0 Å². The molecule has 1 unspecified atom stereocenters. The van der Waals surface area contributed by atoms with Crippen molar-refractivity contribution in [2.75, 3.05) is 5.32 Å². The number of nitrogens with one attached hydrogen (secondary N) is 1. The number of carbonyl (C=O) groups excluding carboxylic acids is 2. The first-order valence-electron chi connectivity index (χ1n) is 11.3. The van der Waals surface area contributed by atoms with Gasteiger partial charge in [-0.25, -0.2) is 9.97 Å². The number of aromatic nitrogens is 3. The highest BCUT2D eigenvalue weighted by Gasteiger charge is 2.25. The standard InChI is InChI=1S/C28H21N5O3/c34-26-24(10-14-30-25(26)15-19-5-3-11-29-18-19)20-6-1-8-22(16-20)33-27(35)21-7-2-9-23(17-21)36-28-31-12-4-13-32-28/h1-14,16-18,24H,15H2,(H,33,35). The molecule has 8 nitrogen and oxygen atoms in total. The van der Waals surface area contributed by atoms with Gasteiger partial charge in [0.25, 0.3) is 5.91 Å². The van der Waals surface area contributed by atoms with E-state index >= 15 is 0 Å². The molecule has 36 heavy (non-hydrogen) atoms. The summed E-state index contributed by atoms with van der Waals surface area (Å²) in [5, 5.41) is 2.90. The first-order chi connectivity index (χ1) is 17.7.